The van der Waals surface area contributed by atoms with Crippen LogP contribution in [-0.2, 0) is 6.42 Å². The van der Waals surface area contributed by atoms with Gasteiger partial charge in [-0.25, -0.2) is 23.4 Å². The molecule has 0 saturated heterocycles. The molecule has 2 aromatic heterocycles. The fourth-order valence-corrected chi connectivity index (χ4v) is 4.14. The standard InChI is InChI=1S/C21H17F2N5O/c22-11-7-8-14(17(29)9-11)19-18-20(24)25-10-26-21(18)28(27-19)16-6-2-3-12-13(16)4-1-5-15(12)23/h1,4-5,7-10,16,29H,2-3,6H2,(H2,24,25,26). The largest absolute Gasteiger partial charge is 0.507 e. The van der Waals surface area contributed by atoms with Crippen LogP contribution in [0.5, 0.6) is 5.75 Å². The molecule has 0 radical (unpaired) electrons. The van der Waals surface area contributed by atoms with Crippen LogP contribution in [0.15, 0.2) is 42.7 Å². The van der Waals surface area contributed by atoms with Crippen molar-refractivity contribution in [2.24, 2.45) is 0 Å². The third-order valence-corrected chi connectivity index (χ3v) is 5.45. The van der Waals surface area contributed by atoms with Gasteiger partial charge in [0.1, 0.15) is 35.2 Å². The highest BCUT2D eigenvalue weighted by Crippen LogP contribution is 2.40. The first kappa shape index (κ1) is 17.5. The Balaban J connectivity index is 1.78. The van der Waals surface area contributed by atoms with Gasteiger partial charge in [0.2, 0.25) is 0 Å². The molecule has 1 aliphatic carbocycles. The zero-order chi connectivity index (χ0) is 20.1. The average Bonchev–Trinajstić information content (AvgIpc) is 3.08. The van der Waals surface area contributed by atoms with E-state index < -0.39 is 5.82 Å². The number of benzene rings is 2. The van der Waals surface area contributed by atoms with Crippen molar-refractivity contribution in [3.8, 4) is 17.0 Å². The second-order valence-electron chi connectivity index (χ2n) is 7.13. The predicted molar refractivity (Wildman–Crippen MR) is 104 cm³/mol. The molecule has 0 saturated carbocycles. The Labute approximate surface area is 164 Å². The normalized spacial score (nSPS) is 16.1. The molecule has 4 aromatic rings. The number of rotatable bonds is 2. The summed E-state index contributed by atoms with van der Waals surface area (Å²) in [6.45, 7) is 0. The number of hydrogen-bond donors (Lipinski definition) is 2. The van der Waals surface area contributed by atoms with Crippen molar-refractivity contribution in [2.75, 3.05) is 5.73 Å². The fourth-order valence-electron chi connectivity index (χ4n) is 4.14. The summed E-state index contributed by atoms with van der Waals surface area (Å²) in [5, 5.41) is 15.5. The molecule has 146 valence electrons. The number of nitrogens with zero attached hydrogens (tertiary/aromatic N) is 4. The van der Waals surface area contributed by atoms with Gasteiger partial charge in [0.05, 0.1) is 11.4 Å². The first-order valence-corrected chi connectivity index (χ1v) is 9.29. The van der Waals surface area contributed by atoms with Gasteiger partial charge in [0, 0.05) is 11.6 Å². The van der Waals surface area contributed by atoms with Crippen LogP contribution in [0.3, 0.4) is 0 Å². The number of phenols is 1. The Morgan fingerprint density at radius 2 is 2.00 bits per heavy atom. The number of nitrogens with two attached hydrogens (primary N) is 1. The molecule has 8 heteroatoms. The monoisotopic (exact) mass is 393 g/mol. The fraction of sp³-hybridized carbons (Fsp3) is 0.190. The van der Waals surface area contributed by atoms with Crippen LogP contribution in [0.25, 0.3) is 22.3 Å². The first-order chi connectivity index (χ1) is 14.0. The van der Waals surface area contributed by atoms with Gasteiger partial charge in [-0.05, 0) is 48.6 Å². The number of phenolic OH excluding ortho intramolecular Hbond substituents is 1. The van der Waals surface area contributed by atoms with Crippen molar-refractivity contribution in [1.29, 1.82) is 0 Å². The minimum Gasteiger partial charge on any atom is -0.507 e. The zero-order valence-electron chi connectivity index (χ0n) is 15.3. The second-order valence-corrected chi connectivity index (χ2v) is 7.13. The summed E-state index contributed by atoms with van der Waals surface area (Å²) in [5.41, 5.74) is 8.82. The Bertz CT molecular complexity index is 1250. The van der Waals surface area contributed by atoms with Crippen LogP contribution in [0.2, 0.25) is 0 Å². The van der Waals surface area contributed by atoms with Gasteiger partial charge < -0.3 is 10.8 Å². The van der Waals surface area contributed by atoms with E-state index in [1.807, 2.05) is 6.07 Å². The minimum absolute atomic E-state index is 0.204. The van der Waals surface area contributed by atoms with E-state index in [1.165, 1.54) is 24.5 Å². The molecule has 2 heterocycles. The molecule has 5 rings (SSSR count). The van der Waals surface area contributed by atoms with Gasteiger partial charge >= 0.3 is 0 Å². The molecule has 2 aromatic carbocycles. The number of halogens is 2. The lowest BCUT2D eigenvalue weighted by Gasteiger charge is -2.26. The highest BCUT2D eigenvalue weighted by atomic mass is 19.1. The van der Waals surface area contributed by atoms with Crippen LogP contribution in [0.1, 0.15) is 30.0 Å². The molecule has 1 aliphatic rings. The van der Waals surface area contributed by atoms with Crippen molar-refractivity contribution >= 4 is 16.9 Å². The van der Waals surface area contributed by atoms with Crippen LogP contribution in [0, 0.1) is 11.6 Å². The maximum atomic E-state index is 14.4. The Kier molecular flexibility index (Phi) is 3.94. The van der Waals surface area contributed by atoms with Gasteiger partial charge in [-0.3, -0.25) is 0 Å². The number of aromatic hydroxyl groups is 1. The third kappa shape index (κ3) is 2.71. The van der Waals surface area contributed by atoms with Crippen LogP contribution in [0.4, 0.5) is 14.6 Å². The summed E-state index contributed by atoms with van der Waals surface area (Å²) in [5.74, 6) is -0.838. The van der Waals surface area contributed by atoms with Crippen molar-refractivity contribution in [3.63, 3.8) is 0 Å². The maximum Gasteiger partial charge on any atom is 0.164 e. The molecule has 0 aliphatic heterocycles. The van der Waals surface area contributed by atoms with E-state index in [-0.39, 0.29) is 23.4 Å². The lowest BCUT2D eigenvalue weighted by molar-refractivity contribution is 0.448. The van der Waals surface area contributed by atoms with E-state index in [1.54, 1.807) is 10.7 Å². The van der Waals surface area contributed by atoms with Gasteiger partial charge in [-0.1, -0.05) is 12.1 Å². The first-order valence-electron chi connectivity index (χ1n) is 9.29. The summed E-state index contributed by atoms with van der Waals surface area (Å²) >= 11 is 0. The van der Waals surface area contributed by atoms with E-state index in [9.17, 15) is 13.9 Å². The molecule has 0 bridgehead atoms. The van der Waals surface area contributed by atoms with Crippen LogP contribution < -0.4 is 5.73 Å². The molecule has 6 nitrogen and oxygen atoms in total. The van der Waals surface area contributed by atoms with Crippen molar-refractivity contribution in [1.82, 2.24) is 19.7 Å². The van der Waals surface area contributed by atoms with E-state index in [0.29, 0.717) is 34.3 Å². The van der Waals surface area contributed by atoms with Crippen molar-refractivity contribution in [2.45, 2.75) is 25.3 Å². The second kappa shape index (κ2) is 6.51. The lowest BCUT2D eigenvalue weighted by atomic mass is 9.87. The van der Waals surface area contributed by atoms with Crippen LogP contribution >= 0.6 is 0 Å². The number of anilines is 1. The molecule has 3 N–H and O–H groups in total. The highest BCUT2D eigenvalue weighted by Gasteiger charge is 2.29. The molecule has 1 unspecified atom stereocenters. The van der Waals surface area contributed by atoms with E-state index in [0.717, 1.165) is 24.5 Å². The Morgan fingerprint density at radius 3 is 2.83 bits per heavy atom. The summed E-state index contributed by atoms with van der Waals surface area (Å²) in [6.07, 6.45) is 3.57. The van der Waals surface area contributed by atoms with Crippen molar-refractivity contribution in [3.05, 3.63) is 65.5 Å². The topological polar surface area (TPSA) is 89.8 Å². The smallest absolute Gasteiger partial charge is 0.164 e. The van der Waals surface area contributed by atoms with Crippen molar-refractivity contribution < 1.29 is 13.9 Å². The molecule has 1 atom stereocenters. The Hall–Kier alpha value is -3.55. The summed E-state index contributed by atoms with van der Waals surface area (Å²) < 4.78 is 29.6. The SMILES string of the molecule is Nc1ncnc2c1c(-c1ccc(F)cc1O)nn2C1CCCc2c(F)cccc21. The van der Waals surface area contributed by atoms with Gasteiger partial charge in [-0.15, -0.1) is 0 Å². The van der Waals surface area contributed by atoms with E-state index >= 15 is 0 Å². The summed E-state index contributed by atoms with van der Waals surface area (Å²) in [7, 11) is 0. The van der Waals surface area contributed by atoms with E-state index in [2.05, 4.69) is 9.97 Å². The molecule has 29 heavy (non-hydrogen) atoms. The molecular formula is C21H17F2N5O. The highest BCUT2D eigenvalue weighted by molar-refractivity contribution is 5.99. The molecule has 0 amide bonds. The lowest BCUT2D eigenvalue weighted by Crippen LogP contribution is -2.19. The zero-order valence-corrected chi connectivity index (χ0v) is 15.3. The number of hydrogen-bond acceptors (Lipinski definition) is 5. The average molecular weight is 393 g/mol. The minimum atomic E-state index is -0.559. The molecule has 0 fully saturated rings. The van der Waals surface area contributed by atoms with Gasteiger partial charge in [0.15, 0.2) is 5.65 Å². The van der Waals surface area contributed by atoms with Gasteiger partial charge in [0.25, 0.3) is 0 Å². The number of fused-ring (bicyclic) bond motifs is 2. The predicted octanol–water partition coefficient (Wildman–Crippen LogP) is 3.99. The quantitative estimate of drug-likeness (QED) is 0.538. The number of nitrogen functional groups attached to an aromatic ring is 1. The van der Waals surface area contributed by atoms with Crippen LogP contribution in [-0.4, -0.2) is 24.9 Å². The third-order valence-electron chi connectivity index (χ3n) is 5.45. The van der Waals surface area contributed by atoms with Gasteiger partial charge in [-0.2, -0.15) is 5.10 Å². The maximum absolute atomic E-state index is 14.4. The van der Waals surface area contributed by atoms with E-state index in [4.69, 9.17) is 10.8 Å². The molecular weight excluding hydrogens is 376 g/mol. The number of aromatic nitrogens is 4. The summed E-state index contributed by atoms with van der Waals surface area (Å²) in [6, 6.07) is 8.52. The summed E-state index contributed by atoms with van der Waals surface area (Å²) in [4.78, 5) is 8.42. The Morgan fingerprint density at radius 1 is 1.14 bits per heavy atom. The molecule has 0 spiro atoms.